The predicted octanol–water partition coefficient (Wildman–Crippen LogP) is 1.75. The molecule has 1 unspecified atom stereocenters. The van der Waals surface area contributed by atoms with Gasteiger partial charge in [-0.05, 0) is 37.1 Å². The van der Waals surface area contributed by atoms with E-state index in [1.54, 1.807) is 6.92 Å². The lowest BCUT2D eigenvalue weighted by atomic mass is 9.69. The number of methoxy groups -OCH3 is 1. The van der Waals surface area contributed by atoms with Gasteiger partial charge in [0, 0.05) is 31.5 Å². The number of benzene rings is 1. The van der Waals surface area contributed by atoms with Crippen molar-refractivity contribution in [3.8, 4) is 0 Å². The third-order valence-electron chi connectivity index (χ3n) is 4.92. The van der Waals surface area contributed by atoms with Crippen molar-refractivity contribution >= 4 is 11.9 Å². The van der Waals surface area contributed by atoms with Crippen LogP contribution in [0.3, 0.4) is 0 Å². The number of hydrogen-bond donors (Lipinski definition) is 1. The first-order valence-electron chi connectivity index (χ1n) is 7.70. The van der Waals surface area contributed by atoms with E-state index in [1.807, 2.05) is 29.2 Å². The van der Waals surface area contributed by atoms with E-state index in [-0.39, 0.29) is 23.3 Å². The Balaban J connectivity index is 1.68. The number of nitrogens with one attached hydrogen (secondary N) is 1. The van der Waals surface area contributed by atoms with Gasteiger partial charge in [-0.25, -0.2) is 4.79 Å². The Labute approximate surface area is 130 Å². The minimum atomic E-state index is -0.310. The zero-order valence-electron chi connectivity index (χ0n) is 13.1. The summed E-state index contributed by atoms with van der Waals surface area (Å²) in [4.78, 5) is 24.8. The molecule has 2 aliphatic heterocycles. The van der Waals surface area contributed by atoms with Gasteiger partial charge in [0.1, 0.15) is 0 Å². The molecule has 2 saturated heterocycles. The van der Waals surface area contributed by atoms with E-state index in [2.05, 4.69) is 5.32 Å². The number of nitrogens with zero attached hydrogens (tertiary/aromatic N) is 1. The fraction of sp³-hybridized carbons (Fsp3) is 0.529. The van der Waals surface area contributed by atoms with E-state index in [0.717, 1.165) is 32.5 Å². The topological polar surface area (TPSA) is 58.6 Å². The van der Waals surface area contributed by atoms with E-state index in [1.165, 1.54) is 12.7 Å². The second kappa shape index (κ2) is 5.72. The highest BCUT2D eigenvalue weighted by Crippen LogP contribution is 2.44. The molecule has 1 aromatic carbocycles. The van der Waals surface area contributed by atoms with Gasteiger partial charge >= 0.3 is 5.97 Å². The van der Waals surface area contributed by atoms with Crippen LogP contribution in [-0.4, -0.2) is 43.5 Å². The number of amides is 1. The van der Waals surface area contributed by atoms with Crippen LogP contribution < -0.4 is 5.32 Å². The molecule has 5 nitrogen and oxygen atoms in total. The molecule has 1 spiro atoms. The lowest BCUT2D eigenvalue weighted by Crippen LogP contribution is -2.61. The quantitative estimate of drug-likeness (QED) is 0.846. The SMILES string of the molecule is COC(=O)c1ccc(C2CC3(CCN2)CN(C(C)=O)C3)cc1. The molecule has 0 bridgehead atoms. The van der Waals surface area contributed by atoms with Crippen molar-refractivity contribution in [2.45, 2.75) is 25.8 Å². The first-order chi connectivity index (χ1) is 10.5. The van der Waals surface area contributed by atoms with Gasteiger partial charge < -0.3 is 15.0 Å². The Kier molecular flexibility index (Phi) is 3.91. The summed E-state index contributed by atoms with van der Waals surface area (Å²) >= 11 is 0. The van der Waals surface area contributed by atoms with Crippen molar-refractivity contribution in [1.82, 2.24) is 10.2 Å². The van der Waals surface area contributed by atoms with Crippen molar-refractivity contribution in [3.63, 3.8) is 0 Å². The molecule has 22 heavy (non-hydrogen) atoms. The van der Waals surface area contributed by atoms with Crippen LogP contribution in [0.4, 0.5) is 0 Å². The highest BCUT2D eigenvalue weighted by molar-refractivity contribution is 5.89. The summed E-state index contributed by atoms with van der Waals surface area (Å²) in [6, 6.07) is 7.89. The molecule has 1 atom stereocenters. The minimum absolute atomic E-state index is 0.170. The summed E-state index contributed by atoms with van der Waals surface area (Å²) in [7, 11) is 1.39. The molecule has 1 aromatic rings. The molecule has 0 radical (unpaired) electrons. The number of rotatable bonds is 2. The van der Waals surface area contributed by atoms with Gasteiger partial charge in [-0.1, -0.05) is 12.1 Å². The summed E-state index contributed by atoms with van der Waals surface area (Å²) in [6.45, 7) is 4.35. The van der Waals surface area contributed by atoms with E-state index in [9.17, 15) is 9.59 Å². The normalized spacial score (nSPS) is 23.0. The molecule has 2 heterocycles. The van der Waals surface area contributed by atoms with Crippen LogP contribution in [0, 0.1) is 5.41 Å². The standard InChI is InChI=1S/C17H22N2O3/c1-12(20)19-10-17(11-19)7-8-18-15(9-17)13-3-5-14(6-4-13)16(21)22-2/h3-6,15,18H,7-11H2,1-2H3. The molecule has 1 N–H and O–H groups in total. The number of esters is 1. The number of hydrogen-bond acceptors (Lipinski definition) is 4. The van der Waals surface area contributed by atoms with Crippen molar-refractivity contribution in [3.05, 3.63) is 35.4 Å². The predicted molar refractivity (Wildman–Crippen MR) is 82.4 cm³/mol. The Morgan fingerprint density at radius 2 is 1.95 bits per heavy atom. The average Bonchev–Trinajstić information content (AvgIpc) is 2.52. The van der Waals surface area contributed by atoms with Gasteiger partial charge in [0.25, 0.3) is 0 Å². The van der Waals surface area contributed by atoms with Gasteiger partial charge in [0.2, 0.25) is 5.91 Å². The summed E-state index contributed by atoms with van der Waals surface area (Å²) < 4.78 is 4.72. The Bertz CT molecular complexity index is 576. The van der Waals surface area contributed by atoms with E-state index >= 15 is 0 Å². The van der Waals surface area contributed by atoms with Crippen LogP contribution in [0.5, 0.6) is 0 Å². The first kappa shape index (κ1) is 15.0. The number of ether oxygens (including phenoxy) is 1. The maximum Gasteiger partial charge on any atom is 0.337 e. The number of carbonyl (C=O) groups excluding carboxylic acids is 2. The fourth-order valence-electron chi connectivity index (χ4n) is 3.60. The highest BCUT2D eigenvalue weighted by atomic mass is 16.5. The molecule has 0 saturated carbocycles. The molecule has 2 fully saturated rings. The Morgan fingerprint density at radius 1 is 1.27 bits per heavy atom. The largest absolute Gasteiger partial charge is 0.465 e. The zero-order valence-corrected chi connectivity index (χ0v) is 13.1. The Morgan fingerprint density at radius 3 is 2.55 bits per heavy atom. The molecule has 3 rings (SSSR count). The van der Waals surface area contributed by atoms with Crippen molar-refractivity contribution in [1.29, 1.82) is 0 Å². The fourth-order valence-corrected chi connectivity index (χ4v) is 3.60. The highest BCUT2D eigenvalue weighted by Gasteiger charge is 2.46. The lowest BCUT2D eigenvalue weighted by Gasteiger charge is -2.54. The van der Waals surface area contributed by atoms with Crippen LogP contribution in [0.1, 0.15) is 41.7 Å². The number of carbonyl (C=O) groups is 2. The van der Waals surface area contributed by atoms with Gasteiger partial charge in [0.15, 0.2) is 0 Å². The molecular formula is C17H22N2O3. The maximum absolute atomic E-state index is 11.5. The summed E-state index contributed by atoms with van der Waals surface area (Å²) in [6.07, 6.45) is 2.15. The van der Waals surface area contributed by atoms with Crippen LogP contribution in [0.25, 0.3) is 0 Å². The number of piperidine rings is 1. The van der Waals surface area contributed by atoms with Gasteiger partial charge in [-0.15, -0.1) is 0 Å². The average molecular weight is 302 g/mol. The monoisotopic (exact) mass is 302 g/mol. The van der Waals surface area contributed by atoms with E-state index < -0.39 is 0 Å². The third kappa shape index (κ3) is 2.73. The van der Waals surface area contributed by atoms with Crippen LogP contribution >= 0.6 is 0 Å². The van der Waals surface area contributed by atoms with Crippen molar-refractivity contribution in [2.75, 3.05) is 26.7 Å². The molecule has 0 aromatic heterocycles. The Hall–Kier alpha value is -1.88. The second-order valence-corrected chi connectivity index (χ2v) is 6.45. The molecular weight excluding hydrogens is 280 g/mol. The summed E-state index contributed by atoms with van der Waals surface area (Å²) in [5.41, 5.74) is 2.03. The lowest BCUT2D eigenvalue weighted by molar-refractivity contribution is -0.143. The van der Waals surface area contributed by atoms with Crippen molar-refractivity contribution in [2.24, 2.45) is 5.41 Å². The maximum atomic E-state index is 11.5. The van der Waals surface area contributed by atoms with Gasteiger partial charge in [-0.3, -0.25) is 4.79 Å². The summed E-state index contributed by atoms with van der Waals surface area (Å²) in [5.74, 6) is -0.140. The minimum Gasteiger partial charge on any atom is -0.465 e. The molecule has 0 aliphatic carbocycles. The van der Waals surface area contributed by atoms with Gasteiger partial charge in [-0.2, -0.15) is 0 Å². The molecule has 2 aliphatic rings. The molecule has 118 valence electrons. The molecule has 1 amide bonds. The van der Waals surface area contributed by atoms with Crippen LogP contribution in [0.15, 0.2) is 24.3 Å². The van der Waals surface area contributed by atoms with Gasteiger partial charge in [0.05, 0.1) is 12.7 Å². The van der Waals surface area contributed by atoms with Crippen LogP contribution in [0.2, 0.25) is 0 Å². The van der Waals surface area contributed by atoms with Crippen LogP contribution in [-0.2, 0) is 9.53 Å². The second-order valence-electron chi connectivity index (χ2n) is 6.45. The van der Waals surface area contributed by atoms with E-state index in [0.29, 0.717) is 5.56 Å². The zero-order chi connectivity index (χ0) is 15.7. The van der Waals surface area contributed by atoms with Crippen molar-refractivity contribution < 1.29 is 14.3 Å². The van der Waals surface area contributed by atoms with E-state index in [4.69, 9.17) is 4.74 Å². The third-order valence-corrected chi connectivity index (χ3v) is 4.92. The molecule has 5 heteroatoms. The number of likely N-dealkylation sites (tertiary alicyclic amines) is 1. The first-order valence-corrected chi connectivity index (χ1v) is 7.70. The summed E-state index contributed by atoms with van der Waals surface area (Å²) in [5, 5.41) is 3.55. The smallest absolute Gasteiger partial charge is 0.337 e.